The van der Waals surface area contributed by atoms with Gasteiger partial charge in [-0.05, 0) is 25.0 Å². The Labute approximate surface area is 140 Å². The van der Waals surface area contributed by atoms with Gasteiger partial charge in [-0.3, -0.25) is 9.58 Å². The van der Waals surface area contributed by atoms with E-state index < -0.39 is 5.82 Å². The summed E-state index contributed by atoms with van der Waals surface area (Å²) in [5.41, 5.74) is 1.19. The van der Waals surface area contributed by atoms with Gasteiger partial charge in [0.05, 0.1) is 12.8 Å². The highest BCUT2D eigenvalue weighted by molar-refractivity contribution is 5.14. The number of hydrogen-bond donors (Lipinski definition) is 0. The smallest absolute Gasteiger partial charge is 0.250 e. The lowest BCUT2D eigenvalue weighted by Crippen LogP contribution is -2.51. The average Bonchev–Trinajstić information content (AvgIpc) is 3.17. The van der Waals surface area contributed by atoms with Crippen LogP contribution in [0, 0.1) is 5.82 Å². The molecule has 2 aromatic heterocycles. The lowest BCUT2D eigenvalue weighted by atomic mass is 10.1. The topological polar surface area (TPSA) is 52.4 Å². The highest BCUT2D eigenvalue weighted by Crippen LogP contribution is 2.33. The quantitative estimate of drug-likeness (QED) is 0.854. The van der Waals surface area contributed by atoms with Crippen LogP contribution in [0.1, 0.15) is 18.4 Å². The minimum Gasteiger partial charge on any atom is -0.469 e. The Morgan fingerprint density at radius 2 is 2.33 bits per heavy atom. The summed E-state index contributed by atoms with van der Waals surface area (Å²) in [5, 5.41) is 4.23. The van der Waals surface area contributed by atoms with Crippen LogP contribution >= 0.6 is 0 Å². The maximum absolute atomic E-state index is 13.8. The molecule has 0 N–H and O–H groups in total. The molecule has 3 atom stereocenters. The first-order valence-electron chi connectivity index (χ1n) is 8.31. The molecule has 0 aromatic carbocycles. The Bertz CT molecular complexity index is 707. The first-order chi connectivity index (χ1) is 11.7. The maximum atomic E-state index is 13.8. The van der Waals surface area contributed by atoms with Crippen molar-refractivity contribution in [2.24, 2.45) is 7.05 Å². The fourth-order valence-corrected chi connectivity index (χ4v) is 3.70. The van der Waals surface area contributed by atoms with Crippen LogP contribution in [-0.4, -0.2) is 51.1 Å². The molecule has 0 bridgehead atoms. The largest absolute Gasteiger partial charge is 0.469 e. The van der Waals surface area contributed by atoms with Crippen molar-refractivity contribution < 1.29 is 13.9 Å². The van der Waals surface area contributed by atoms with Crippen molar-refractivity contribution >= 4 is 0 Å². The van der Waals surface area contributed by atoms with E-state index >= 15 is 0 Å². The molecule has 1 aliphatic heterocycles. The molecule has 1 aliphatic carbocycles. The predicted octanol–water partition coefficient (Wildman–Crippen LogP) is 1.76. The number of morpholine rings is 1. The van der Waals surface area contributed by atoms with Gasteiger partial charge in [-0.15, -0.1) is 0 Å². The molecule has 2 aliphatic rings. The molecule has 0 radical (unpaired) electrons. The van der Waals surface area contributed by atoms with Crippen LogP contribution in [-0.2, 0) is 18.3 Å². The lowest BCUT2D eigenvalue weighted by molar-refractivity contribution is -0.0927. The molecule has 1 saturated heterocycles. The van der Waals surface area contributed by atoms with Crippen molar-refractivity contribution in [3.8, 4) is 5.88 Å². The second kappa shape index (κ2) is 6.49. The van der Waals surface area contributed by atoms with Crippen LogP contribution in [0.5, 0.6) is 5.88 Å². The molecule has 6 nitrogen and oxygen atoms in total. The highest BCUT2D eigenvalue weighted by atomic mass is 19.1. The van der Waals surface area contributed by atoms with Crippen molar-refractivity contribution in [2.75, 3.05) is 13.2 Å². The minimum absolute atomic E-state index is 0.0446. The summed E-state index contributed by atoms with van der Waals surface area (Å²) < 4.78 is 27.4. The molecule has 128 valence electrons. The van der Waals surface area contributed by atoms with Gasteiger partial charge in [0.2, 0.25) is 0 Å². The summed E-state index contributed by atoms with van der Waals surface area (Å²) in [7, 11) is 1.92. The van der Waals surface area contributed by atoms with Gasteiger partial charge in [0, 0.05) is 44.1 Å². The molecule has 0 unspecified atom stereocenters. The monoisotopic (exact) mass is 332 g/mol. The Morgan fingerprint density at radius 3 is 3.12 bits per heavy atom. The molecular formula is C17H21FN4O2. The summed E-state index contributed by atoms with van der Waals surface area (Å²) >= 11 is 0. The summed E-state index contributed by atoms with van der Waals surface area (Å²) in [5.74, 6) is -0.361. The van der Waals surface area contributed by atoms with Crippen molar-refractivity contribution in [1.82, 2.24) is 19.7 Å². The van der Waals surface area contributed by atoms with Crippen molar-refractivity contribution in [2.45, 2.75) is 37.6 Å². The Balaban J connectivity index is 1.45. The zero-order valence-electron chi connectivity index (χ0n) is 13.6. The fraction of sp³-hybridized carbons (Fsp3) is 0.529. The molecule has 1 saturated carbocycles. The lowest BCUT2D eigenvalue weighted by Gasteiger charge is -2.38. The number of pyridine rings is 1. The maximum Gasteiger partial charge on any atom is 0.250 e. The molecule has 0 spiro atoms. The molecule has 7 heteroatoms. The van der Waals surface area contributed by atoms with Gasteiger partial charge >= 0.3 is 0 Å². The van der Waals surface area contributed by atoms with Gasteiger partial charge in [-0.1, -0.05) is 0 Å². The third-order valence-electron chi connectivity index (χ3n) is 4.78. The van der Waals surface area contributed by atoms with Crippen LogP contribution in [0.25, 0.3) is 0 Å². The molecule has 4 rings (SSSR count). The summed E-state index contributed by atoms with van der Waals surface area (Å²) in [4.78, 5) is 6.41. The van der Waals surface area contributed by atoms with Crippen molar-refractivity contribution in [3.05, 3.63) is 42.1 Å². The van der Waals surface area contributed by atoms with Gasteiger partial charge in [0.15, 0.2) is 5.82 Å². The average molecular weight is 332 g/mol. The molecular weight excluding hydrogens is 311 g/mol. The Hall–Kier alpha value is -1.99. The van der Waals surface area contributed by atoms with E-state index in [9.17, 15) is 4.39 Å². The standard InChI is InChI=1S/C17H21FN4O2/c1-21-10-12(9-20-21)11-22-7-8-23-16-14(22)4-5-15(16)24-17-13(18)3-2-6-19-17/h2-3,6,9-10,14-16H,4-5,7-8,11H2,1H3/t14-,15-,16+/m0/s1. The second-order valence-electron chi connectivity index (χ2n) is 6.42. The molecule has 2 fully saturated rings. The van der Waals surface area contributed by atoms with Crippen LogP contribution < -0.4 is 4.74 Å². The molecule has 3 heterocycles. The summed E-state index contributed by atoms with van der Waals surface area (Å²) in [6.45, 7) is 2.40. The fourth-order valence-electron chi connectivity index (χ4n) is 3.70. The van der Waals surface area contributed by atoms with E-state index in [2.05, 4.69) is 15.0 Å². The molecule has 24 heavy (non-hydrogen) atoms. The van der Waals surface area contributed by atoms with Crippen molar-refractivity contribution in [3.63, 3.8) is 0 Å². The second-order valence-corrected chi connectivity index (χ2v) is 6.42. The van der Waals surface area contributed by atoms with Gasteiger partial charge in [0.1, 0.15) is 12.2 Å². The van der Waals surface area contributed by atoms with E-state index in [0.717, 1.165) is 25.9 Å². The number of rotatable bonds is 4. The SMILES string of the molecule is Cn1cc(CN2CCO[C@H]3[C@@H](Oc4ncccc4F)CC[C@@H]32)cn1. The van der Waals surface area contributed by atoms with Gasteiger partial charge in [-0.25, -0.2) is 9.37 Å². The number of hydrogen-bond acceptors (Lipinski definition) is 5. The van der Waals surface area contributed by atoms with Gasteiger partial charge in [-0.2, -0.15) is 5.10 Å². The number of aryl methyl sites for hydroxylation is 1. The number of halogens is 1. The first-order valence-corrected chi connectivity index (χ1v) is 8.31. The van der Waals surface area contributed by atoms with E-state index in [0.29, 0.717) is 6.61 Å². The van der Waals surface area contributed by atoms with Crippen LogP contribution in [0.3, 0.4) is 0 Å². The van der Waals surface area contributed by atoms with E-state index in [4.69, 9.17) is 9.47 Å². The third kappa shape index (κ3) is 3.01. The number of fused-ring (bicyclic) bond motifs is 1. The molecule has 2 aromatic rings. The van der Waals surface area contributed by atoms with E-state index in [1.54, 1.807) is 12.3 Å². The van der Waals surface area contributed by atoms with E-state index in [1.807, 2.05) is 24.1 Å². The Kier molecular flexibility index (Phi) is 4.20. The minimum atomic E-state index is -0.427. The molecule has 0 amide bonds. The van der Waals surface area contributed by atoms with Gasteiger partial charge < -0.3 is 9.47 Å². The van der Waals surface area contributed by atoms with E-state index in [-0.39, 0.29) is 24.1 Å². The van der Waals surface area contributed by atoms with Crippen LogP contribution in [0.15, 0.2) is 30.7 Å². The highest BCUT2D eigenvalue weighted by Gasteiger charge is 2.44. The number of nitrogens with zero attached hydrogens (tertiary/aromatic N) is 4. The summed E-state index contributed by atoms with van der Waals surface area (Å²) in [6.07, 6.45) is 7.10. The Morgan fingerprint density at radius 1 is 1.42 bits per heavy atom. The van der Waals surface area contributed by atoms with E-state index in [1.165, 1.54) is 11.6 Å². The van der Waals surface area contributed by atoms with Gasteiger partial charge in [0.25, 0.3) is 5.88 Å². The van der Waals surface area contributed by atoms with Crippen LogP contribution in [0.4, 0.5) is 4.39 Å². The number of ether oxygens (including phenoxy) is 2. The predicted molar refractivity (Wildman–Crippen MR) is 85.0 cm³/mol. The number of aromatic nitrogens is 3. The normalized spacial score (nSPS) is 27.2. The zero-order valence-corrected chi connectivity index (χ0v) is 13.6. The third-order valence-corrected chi connectivity index (χ3v) is 4.78. The first kappa shape index (κ1) is 15.5. The zero-order chi connectivity index (χ0) is 16.5. The summed E-state index contributed by atoms with van der Waals surface area (Å²) in [6, 6.07) is 3.22. The van der Waals surface area contributed by atoms with Crippen molar-refractivity contribution in [1.29, 1.82) is 0 Å². The van der Waals surface area contributed by atoms with Crippen LogP contribution in [0.2, 0.25) is 0 Å².